The van der Waals surface area contributed by atoms with E-state index in [-0.39, 0.29) is 55.2 Å². The fourth-order valence-electron chi connectivity index (χ4n) is 3.28. The van der Waals surface area contributed by atoms with Crippen LogP contribution in [0, 0.1) is 10.1 Å². The summed E-state index contributed by atoms with van der Waals surface area (Å²) in [4.78, 5) is 35.6. The second kappa shape index (κ2) is 10.4. The van der Waals surface area contributed by atoms with Crippen LogP contribution >= 0.6 is 0 Å². The molecule has 2 aromatic rings. The largest absolute Gasteiger partial charge is 0.334 e. The summed E-state index contributed by atoms with van der Waals surface area (Å²) in [6.07, 6.45) is 0.387. The standard InChI is InChI=1S/C21H25N5O6S/c1-2-20(27)23-17-8-6-16(7-9-17)15-22-21(28)24-10-12-25(13-11-24)33(31,32)19-5-3-4-18(14-19)26(29)30/h3-9,14H,2,10-13,15H2,1H3,(H,22,28)(H,23,27). The van der Waals surface area contributed by atoms with Crippen LogP contribution in [0.1, 0.15) is 18.9 Å². The third-order valence-electron chi connectivity index (χ3n) is 5.19. The van der Waals surface area contributed by atoms with E-state index in [2.05, 4.69) is 10.6 Å². The summed E-state index contributed by atoms with van der Waals surface area (Å²) in [6.45, 7) is 2.62. The molecular formula is C21H25N5O6S. The Bertz CT molecular complexity index is 1130. The molecule has 0 aromatic heterocycles. The van der Waals surface area contributed by atoms with E-state index in [0.29, 0.717) is 12.1 Å². The van der Waals surface area contributed by atoms with E-state index >= 15 is 0 Å². The van der Waals surface area contributed by atoms with E-state index in [0.717, 1.165) is 11.6 Å². The van der Waals surface area contributed by atoms with Crippen molar-refractivity contribution in [2.45, 2.75) is 24.8 Å². The summed E-state index contributed by atoms with van der Waals surface area (Å²) in [5, 5.41) is 16.5. The van der Waals surface area contributed by atoms with E-state index in [1.54, 1.807) is 31.2 Å². The monoisotopic (exact) mass is 475 g/mol. The van der Waals surface area contributed by atoms with Gasteiger partial charge in [0.2, 0.25) is 15.9 Å². The molecule has 1 fully saturated rings. The van der Waals surface area contributed by atoms with Crippen LogP contribution in [0.5, 0.6) is 0 Å². The number of rotatable bonds is 7. The number of non-ortho nitro benzene ring substituents is 1. The normalized spacial score (nSPS) is 14.5. The molecule has 2 N–H and O–H groups in total. The van der Waals surface area contributed by atoms with Crippen LogP contribution in [0.3, 0.4) is 0 Å². The number of nitrogens with zero attached hydrogens (tertiary/aromatic N) is 3. The predicted molar refractivity (Wildman–Crippen MR) is 121 cm³/mol. The average Bonchev–Trinajstić information content (AvgIpc) is 2.83. The van der Waals surface area contributed by atoms with E-state index in [1.165, 1.54) is 27.4 Å². The van der Waals surface area contributed by atoms with E-state index < -0.39 is 14.9 Å². The first-order chi connectivity index (χ1) is 15.7. The molecule has 0 bridgehead atoms. The van der Waals surface area contributed by atoms with Gasteiger partial charge < -0.3 is 15.5 Å². The Morgan fingerprint density at radius 1 is 1.06 bits per heavy atom. The highest BCUT2D eigenvalue weighted by molar-refractivity contribution is 7.89. The van der Waals surface area contributed by atoms with E-state index in [9.17, 15) is 28.1 Å². The van der Waals surface area contributed by atoms with Gasteiger partial charge in [-0.2, -0.15) is 4.31 Å². The Labute approximate surface area is 191 Å². The lowest BCUT2D eigenvalue weighted by molar-refractivity contribution is -0.385. The van der Waals surface area contributed by atoms with Crippen LogP contribution in [0.15, 0.2) is 53.4 Å². The van der Waals surface area contributed by atoms with Gasteiger partial charge in [-0.3, -0.25) is 14.9 Å². The number of carbonyl (C=O) groups is 2. The fraction of sp³-hybridized carbons (Fsp3) is 0.333. The number of carbonyl (C=O) groups excluding carboxylic acids is 2. The van der Waals surface area contributed by atoms with Crippen molar-refractivity contribution < 1.29 is 22.9 Å². The molecule has 3 rings (SSSR count). The van der Waals surface area contributed by atoms with Gasteiger partial charge in [0.25, 0.3) is 5.69 Å². The molecule has 0 saturated carbocycles. The van der Waals surface area contributed by atoms with Gasteiger partial charge in [0.1, 0.15) is 0 Å². The first-order valence-corrected chi connectivity index (χ1v) is 11.8. The van der Waals surface area contributed by atoms with Gasteiger partial charge in [0, 0.05) is 57.0 Å². The van der Waals surface area contributed by atoms with Crippen molar-refractivity contribution in [3.05, 3.63) is 64.2 Å². The lowest BCUT2D eigenvalue weighted by Gasteiger charge is -2.34. The average molecular weight is 476 g/mol. The number of nitro groups is 1. The molecular weight excluding hydrogens is 450 g/mol. The van der Waals surface area contributed by atoms with Crippen LogP contribution < -0.4 is 10.6 Å². The topological polar surface area (TPSA) is 142 Å². The number of hydrogen-bond acceptors (Lipinski definition) is 6. The van der Waals surface area contributed by atoms with Crippen molar-refractivity contribution in [3.63, 3.8) is 0 Å². The molecule has 0 unspecified atom stereocenters. The molecule has 11 nitrogen and oxygen atoms in total. The summed E-state index contributed by atoms with van der Waals surface area (Å²) in [7, 11) is -3.90. The number of anilines is 1. The lowest BCUT2D eigenvalue weighted by atomic mass is 10.2. The maximum absolute atomic E-state index is 12.8. The molecule has 33 heavy (non-hydrogen) atoms. The Kier molecular flexibility index (Phi) is 7.61. The second-order valence-corrected chi connectivity index (χ2v) is 9.34. The van der Waals surface area contributed by atoms with Crippen molar-refractivity contribution in [1.82, 2.24) is 14.5 Å². The van der Waals surface area contributed by atoms with Gasteiger partial charge in [-0.25, -0.2) is 13.2 Å². The first-order valence-electron chi connectivity index (χ1n) is 10.4. The fourth-order valence-corrected chi connectivity index (χ4v) is 4.75. The molecule has 3 amide bonds. The quantitative estimate of drug-likeness (QED) is 0.464. The van der Waals surface area contributed by atoms with Crippen molar-refractivity contribution in [2.75, 3.05) is 31.5 Å². The number of hydrogen-bond donors (Lipinski definition) is 2. The van der Waals surface area contributed by atoms with Crippen molar-refractivity contribution in [1.29, 1.82) is 0 Å². The number of piperazine rings is 1. The summed E-state index contributed by atoms with van der Waals surface area (Å²) in [5.41, 5.74) is 1.23. The molecule has 0 radical (unpaired) electrons. The van der Waals surface area contributed by atoms with E-state index in [4.69, 9.17) is 0 Å². The van der Waals surface area contributed by atoms with Gasteiger partial charge in [0.15, 0.2) is 0 Å². The highest BCUT2D eigenvalue weighted by atomic mass is 32.2. The smallest absolute Gasteiger partial charge is 0.317 e. The van der Waals surface area contributed by atoms with Gasteiger partial charge in [-0.1, -0.05) is 25.1 Å². The second-order valence-electron chi connectivity index (χ2n) is 7.40. The van der Waals surface area contributed by atoms with Crippen LogP contribution in [-0.2, 0) is 21.4 Å². The van der Waals surface area contributed by atoms with Crippen molar-refractivity contribution in [3.8, 4) is 0 Å². The number of amides is 3. The number of nitrogens with one attached hydrogen (secondary N) is 2. The predicted octanol–water partition coefficient (Wildman–Crippen LogP) is 2.16. The zero-order valence-corrected chi connectivity index (χ0v) is 18.9. The maximum Gasteiger partial charge on any atom is 0.317 e. The van der Waals surface area contributed by atoms with Gasteiger partial charge in [-0.05, 0) is 23.8 Å². The summed E-state index contributed by atoms with van der Waals surface area (Å²) >= 11 is 0. The molecule has 0 atom stereocenters. The number of nitro benzene ring substituents is 1. The van der Waals surface area contributed by atoms with Gasteiger partial charge >= 0.3 is 6.03 Å². The van der Waals surface area contributed by atoms with E-state index in [1.807, 2.05) is 0 Å². The van der Waals surface area contributed by atoms with Crippen molar-refractivity contribution >= 4 is 33.3 Å². The molecule has 2 aromatic carbocycles. The SMILES string of the molecule is CCC(=O)Nc1ccc(CNC(=O)N2CCN(S(=O)(=O)c3cccc([N+](=O)[O-])c3)CC2)cc1. The minimum atomic E-state index is -3.90. The molecule has 1 saturated heterocycles. The molecule has 1 aliphatic rings. The summed E-state index contributed by atoms with van der Waals surface area (Å²) in [6, 6.07) is 11.7. The van der Waals surface area contributed by atoms with Crippen LogP contribution in [-0.4, -0.2) is 60.7 Å². The Balaban J connectivity index is 1.52. The molecule has 1 aliphatic heterocycles. The maximum atomic E-state index is 12.8. The van der Waals surface area contributed by atoms with Gasteiger partial charge in [0.05, 0.1) is 9.82 Å². The highest BCUT2D eigenvalue weighted by Crippen LogP contribution is 2.22. The molecule has 12 heteroatoms. The third kappa shape index (κ3) is 6.05. The highest BCUT2D eigenvalue weighted by Gasteiger charge is 2.30. The lowest BCUT2D eigenvalue weighted by Crippen LogP contribution is -2.52. The zero-order valence-electron chi connectivity index (χ0n) is 18.1. The van der Waals surface area contributed by atoms with Crippen molar-refractivity contribution in [2.24, 2.45) is 0 Å². The van der Waals surface area contributed by atoms with Crippen LogP contribution in [0.4, 0.5) is 16.2 Å². The third-order valence-corrected chi connectivity index (χ3v) is 7.09. The van der Waals surface area contributed by atoms with Crippen LogP contribution in [0.2, 0.25) is 0 Å². The number of sulfonamides is 1. The Hall–Kier alpha value is -3.51. The van der Waals surface area contributed by atoms with Gasteiger partial charge in [-0.15, -0.1) is 0 Å². The summed E-state index contributed by atoms with van der Waals surface area (Å²) < 4.78 is 26.9. The Morgan fingerprint density at radius 2 is 1.73 bits per heavy atom. The number of benzene rings is 2. The van der Waals surface area contributed by atoms with Crippen LogP contribution in [0.25, 0.3) is 0 Å². The minimum Gasteiger partial charge on any atom is -0.334 e. The minimum absolute atomic E-state index is 0.0808. The molecule has 176 valence electrons. The molecule has 0 spiro atoms. The zero-order chi connectivity index (χ0) is 24.0. The first kappa shape index (κ1) is 24.1. The summed E-state index contributed by atoms with van der Waals surface area (Å²) in [5.74, 6) is -0.0808. The molecule has 1 heterocycles. The number of urea groups is 1. The molecule has 0 aliphatic carbocycles. The Morgan fingerprint density at radius 3 is 2.33 bits per heavy atom.